The number of unbranched alkanes of at least 4 members (excludes halogenated alkanes) is 1. The maximum Gasteiger partial charge on any atom is 0.0578 e. The van der Waals surface area contributed by atoms with E-state index < -0.39 is 0 Å². The molecule has 2 aliphatic carbocycles. The van der Waals surface area contributed by atoms with Crippen molar-refractivity contribution in [1.82, 2.24) is 0 Å². The Morgan fingerprint density at radius 1 is 1.06 bits per heavy atom. The fraction of sp³-hybridized carbons (Fsp3) is 1.00. The van der Waals surface area contributed by atoms with Gasteiger partial charge in [-0.05, 0) is 56.8 Å². The number of fused-ring (bicyclic) bond motifs is 1. The highest BCUT2D eigenvalue weighted by molar-refractivity contribution is 4.86. The minimum atomic E-state index is -0.0318. The lowest BCUT2D eigenvalue weighted by atomic mass is 9.69. The van der Waals surface area contributed by atoms with Gasteiger partial charge in [0.2, 0.25) is 0 Å². The van der Waals surface area contributed by atoms with Crippen molar-refractivity contribution in [2.24, 2.45) is 11.8 Å². The van der Waals surface area contributed by atoms with Crippen LogP contribution in [0.25, 0.3) is 0 Å². The van der Waals surface area contributed by atoms with Crippen LogP contribution < -0.4 is 0 Å². The third-order valence-electron chi connectivity index (χ3n) is 4.39. The van der Waals surface area contributed by atoms with Crippen LogP contribution in [-0.2, 0) is 4.74 Å². The SMILES string of the molecule is CCCCOC1CCC2CCC(O)CC2C1. The molecule has 0 saturated heterocycles. The van der Waals surface area contributed by atoms with Gasteiger partial charge in [0.1, 0.15) is 0 Å². The molecule has 4 unspecified atom stereocenters. The molecule has 2 rings (SSSR count). The summed E-state index contributed by atoms with van der Waals surface area (Å²) in [6, 6.07) is 0. The minimum Gasteiger partial charge on any atom is -0.393 e. The standard InChI is InChI=1S/C14H26O2/c1-2-3-8-16-14-7-5-11-4-6-13(15)9-12(11)10-14/h11-15H,2-10H2,1H3. The maximum atomic E-state index is 9.71. The van der Waals surface area contributed by atoms with Crippen LogP contribution in [0.2, 0.25) is 0 Å². The summed E-state index contributed by atoms with van der Waals surface area (Å²) >= 11 is 0. The van der Waals surface area contributed by atoms with Crippen LogP contribution in [-0.4, -0.2) is 23.9 Å². The van der Waals surface area contributed by atoms with Crippen LogP contribution in [0, 0.1) is 11.8 Å². The molecule has 0 amide bonds. The quantitative estimate of drug-likeness (QED) is 0.746. The van der Waals surface area contributed by atoms with Crippen molar-refractivity contribution in [2.75, 3.05) is 6.61 Å². The molecule has 0 aromatic heterocycles. The van der Waals surface area contributed by atoms with E-state index in [4.69, 9.17) is 4.74 Å². The molecule has 0 heterocycles. The molecule has 0 aromatic carbocycles. The lowest BCUT2D eigenvalue weighted by molar-refractivity contribution is -0.0334. The van der Waals surface area contributed by atoms with Crippen LogP contribution in [0.5, 0.6) is 0 Å². The van der Waals surface area contributed by atoms with E-state index in [0.717, 1.165) is 31.3 Å². The van der Waals surface area contributed by atoms with Crippen LogP contribution >= 0.6 is 0 Å². The van der Waals surface area contributed by atoms with Gasteiger partial charge in [0.15, 0.2) is 0 Å². The lowest BCUT2D eigenvalue weighted by Crippen LogP contribution is -2.35. The summed E-state index contributed by atoms with van der Waals surface area (Å²) in [5, 5.41) is 9.71. The summed E-state index contributed by atoms with van der Waals surface area (Å²) < 4.78 is 5.93. The summed E-state index contributed by atoms with van der Waals surface area (Å²) in [5.41, 5.74) is 0. The first kappa shape index (κ1) is 12.4. The van der Waals surface area contributed by atoms with Gasteiger partial charge in [-0.3, -0.25) is 0 Å². The molecule has 0 aliphatic heterocycles. The van der Waals surface area contributed by atoms with Gasteiger partial charge >= 0.3 is 0 Å². The third kappa shape index (κ3) is 3.21. The Kier molecular flexibility index (Phi) is 4.66. The highest BCUT2D eigenvalue weighted by Gasteiger charge is 2.35. The first-order chi connectivity index (χ1) is 7.79. The van der Waals surface area contributed by atoms with Gasteiger partial charge in [0, 0.05) is 6.61 Å². The summed E-state index contributed by atoms with van der Waals surface area (Å²) in [4.78, 5) is 0. The van der Waals surface area contributed by atoms with E-state index in [1.54, 1.807) is 0 Å². The Balaban J connectivity index is 1.74. The number of hydrogen-bond donors (Lipinski definition) is 1. The average molecular weight is 226 g/mol. The van der Waals surface area contributed by atoms with Crippen molar-refractivity contribution < 1.29 is 9.84 Å². The van der Waals surface area contributed by atoms with Crippen LogP contribution in [0.3, 0.4) is 0 Å². The molecule has 4 atom stereocenters. The van der Waals surface area contributed by atoms with Gasteiger partial charge in [-0.2, -0.15) is 0 Å². The largest absolute Gasteiger partial charge is 0.393 e. The van der Waals surface area contributed by atoms with Crippen molar-refractivity contribution in [3.8, 4) is 0 Å². The number of rotatable bonds is 4. The van der Waals surface area contributed by atoms with E-state index in [1.165, 1.54) is 38.5 Å². The minimum absolute atomic E-state index is 0.0318. The summed E-state index contributed by atoms with van der Waals surface area (Å²) in [6.45, 7) is 3.14. The van der Waals surface area contributed by atoms with E-state index in [0.29, 0.717) is 6.10 Å². The van der Waals surface area contributed by atoms with Crippen molar-refractivity contribution in [1.29, 1.82) is 0 Å². The van der Waals surface area contributed by atoms with Gasteiger partial charge in [-0.1, -0.05) is 13.3 Å². The molecular formula is C14H26O2. The van der Waals surface area contributed by atoms with Gasteiger partial charge < -0.3 is 9.84 Å². The molecule has 0 radical (unpaired) electrons. The molecule has 0 spiro atoms. The Labute approximate surface area is 99.4 Å². The molecule has 2 heteroatoms. The van der Waals surface area contributed by atoms with E-state index in [9.17, 15) is 5.11 Å². The molecule has 2 nitrogen and oxygen atoms in total. The van der Waals surface area contributed by atoms with Crippen LogP contribution in [0.4, 0.5) is 0 Å². The second-order valence-electron chi connectivity index (χ2n) is 5.65. The van der Waals surface area contributed by atoms with Crippen molar-refractivity contribution >= 4 is 0 Å². The van der Waals surface area contributed by atoms with Crippen LogP contribution in [0.15, 0.2) is 0 Å². The zero-order chi connectivity index (χ0) is 11.4. The molecule has 1 N–H and O–H groups in total. The first-order valence-electron chi connectivity index (χ1n) is 7.09. The van der Waals surface area contributed by atoms with Crippen molar-refractivity contribution in [3.05, 3.63) is 0 Å². The predicted octanol–water partition coefficient (Wildman–Crippen LogP) is 3.13. The normalized spacial score (nSPS) is 39.4. The second kappa shape index (κ2) is 6.02. The van der Waals surface area contributed by atoms with Crippen molar-refractivity contribution in [2.45, 2.75) is 70.5 Å². The highest BCUT2D eigenvalue weighted by Crippen LogP contribution is 2.41. The van der Waals surface area contributed by atoms with Gasteiger partial charge in [-0.25, -0.2) is 0 Å². The molecule has 16 heavy (non-hydrogen) atoms. The lowest BCUT2D eigenvalue weighted by Gasteiger charge is -2.40. The summed E-state index contributed by atoms with van der Waals surface area (Å²) in [7, 11) is 0. The Bertz CT molecular complexity index is 203. The van der Waals surface area contributed by atoms with E-state index >= 15 is 0 Å². The second-order valence-corrected chi connectivity index (χ2v) is 5.65. The van der Waals surface area contributed by atoms with E-state index in [2.05, 4.69) is 6.92 Å². The fourth-order valence-corrected chi connectivity index (χ4v) is 3.37. The molecule has 2 fully saturated rings. The number of aliphatic hydroxyl groups excluding tert-OH is 1. The highest BCUT2D eigenvalue weighted by atomic mass is 16.5. The summed E-state index contributed by atoms with van der Waals surface area (Å²) in [6.07, 6.45) is 9.94. The zero-order valence-electron chi connectivity index (χ0n) is 10.5. The smallest absolute Gasteiger partial charge is 0.0578 e. The van der Waals surface area contributed by atoms with Gasteiger partial charge in [-0.15, -0.1) is 0 Å². The van der Waals surface area contributed by atoms with Gasteiger partial charge in [0.05, 0.1) is 12.2 Å². The molecular weight excluding hydrogens is 200 g/mol. The molecule has 94 valence electrons. The topological polar surface area (TPSA) is 29.5 Å². The van der Waals surface area contributed by atoms with Crippen LogP contribution in [0.1, 0.15) is 58.3 Å². The monoisotopic (exact) mass is 226 g/mol. The molecule has 2 aliphatic rings. The average Bonchev–Trinajstić information content (AvgIpc) is 2.29. The van der Waals surface area contributed by atoms with Gasteiger partial charge in [0.25, 0.3) is 0 Å². The maximum absolute atomic E-state index is 9.71. The summed E-state index contributed by atoms with van der Waals surface area (Å²) in [5.74, 6) is 1.62. The Morgan fingerprint density at radius 3 is 2.69 bits per heavy atom. The predicted molar refractivity (Wildman–Crippen MR) is 65.3 cm³/mol. The first-order valence-corrected chi connectivity index (χ1v) is 7.09. The third-order valence-corrected chi connectivity index (χ3v) is 4.39. The number of hydrogen-bond acceptors (Lipinski definition) is 2. The van der Waals surface area contributed by atoms with E-state index in [1.807, 2.05) is 0 Å². The molecule has 0 bridgehead atoms. The van der Waals surface area contributed by atoms with E-state index in [-0.39, 0.29) is 6.10 Å². The molecule has 0 aromatic rings. The Hall–Kier alpha value is -0.0800. The molecule has 2 saturated carbocycles. The fourth-order valence-electron chi connectivity index (χ4n) is 3.37. The Morgan fingerprint density at radius 2 is 1.88 bits per heavy atom. The zero-order valence-corrected chi connectivity index (χ0v) is 10.5. The van der Waals surface area contributed by atoms with Crippen molar-refractivity contribution in [3.63, 3.8) is 0 Å². The number of ether oxygens (including phenoxy) is 1. The number of aliphatic hydroxyl groups is 1.